The molecule has 0 aliphatic rings. The first-order valence-corrected chi connectivity index (χ1v) is 10.7. The smallest absolute Gasteiger partial charge is 0.323 e. The standard InChI is InChI=1S/C19H20ClF3N2O3S/c1-11-7-12(2)9-15(8-11)25(29(4,27)28)13(3)18(26)24-17-10-14(19(21,22)23)5-6-16(17)20/h5-10,13H,1-4H3,(H,24,26)/t13-/m0/s1. The Morgan fingerprint density at radius 1 is 1.10 bits per heavy atom. The SMILES string of the molecule is Cc1cc(C)cc(N([C@@H](C)C(=O)Nc2cc(C(F)(F)F)ccc2Cl)S(C)(=O)=O)c1. The second kappa shape index (κ2) is 8.23. The third-order valence-electron chi connectivity index (χ3n) is 4.10. The summed E-state index contributed by atoms with van der Waals surface area (Å²) >= 11 is 5.91. The van der Waals surface area contributed by atoms with Crippen LogP contribution in [0.4, 0.5) is 24.5 Å². The first-order chi connectivity index (χ1) is 13.2. The van der Waals surface area contributed by atoms with Gasteiger partial charge in [-0.2, -0.15) is 13.2 Å². The van der Waals surface area contributed by atoms with E-state index < -0.39 is 33.7 Å². The van der Waals surface area contributed by atoms with Crippen molar-refractivity contribution >= 4 is 38.9 Å². The van der Waals surface area contributed by atoms with Crippen LogP contribution >= 0.6 is 11.6 Å². The Kier molecular flexibility index (Phi) is 6.54. The van der Waals surface area contributed by atoms with Crippen LogP contribution < -0.4 is 9.62 Å². The molecule has 5 nitrogen and oxygen atoms in total. The predicted molar refractivity (Wildman–Crippen MR) is 108 cm³/mol. The van der Waals surface area contributed by atoms with E-state index in [9.17, 15) is 26.4 Å². The summed E-state index contributed by atoms with van der Waals surface area (Å²) in [4.78, 5) is 12.7. The van der Waals surface area contributed by atoms with E-state index in [2.05, 4.69) is 5.32 Å². The third kappa shape index (κ3) is 5.63. The summed E-state index contributed by atoms with van der Waals surface area (Å²) in [5, 5.41) is 2.20. The highest BCUT2D eigenvalue weighted by Gasteiger charge is 2.33. The normalized spacial score (nSPS) is 13.1. The van der Waals surface area contributed by atoms with Gasteiger partial charge in [-0.15, -0.1) is 0 Å². The van der Waals surface area contributed by atoms with E-state index in [1.165, 1.54) is 6.92 Å². The van der Waals surface area contributed by atoms with Crippen molar-refractivity contribution in [1.82, 2.24) is 0 Å². The number of anilines is 2. The number of amides is 1. The van der Waals surface area contributed by atoms with Gasteiger partial charge in [0.1, 0.15) is 6.04 Å². The molecule has 2 aromatic carbocycles. The molecule has 0 saturated heterocycles. The molecule has 0 fully saturated rings. The van der Waals surface area contributed by atoms with Gasteiger partial charge in [0.2, 0.25) is 15.9 Å². The fraction of sp³-hybridized carbons (Fsp3) is 0.316. The van der Waals surface area contributed by atoms with Gasteiger partial charge in [0, 0.05) is 0 Å². The monoisotopic (exact) mass is 448 g/mol. The molecule has 1 amide bonds. The number of hydrogen-bond acceptors (Lipinski definition) is 3. The predicted octanol–water partition coefficient (Wildman–Crippen LogP) is 4.77. The van der Waals surface area contributed by atoms with E-state index in [-0.39, 0.29) is 16.4 Å². The van der Waals surface area contributed by atoms with E-state index in [4.69, 9.17) is 11.6 Å². The Labute approximate surface area is 172 Å². The highest BCUT2D eigenvalue weighted by molar-refractivity contribution is 7.92. The van der Waals surface area contributed by atoms with E-state index in [1.54, 1.807) is 26.0 Å². The number of hydrogen-bond donors (Lipinski definition) is 1. The number of carbonyl (C=O) groups excluding carboxylic acids is 1. The van der Waals surface area contributed by atoms with Crippen LogP contribution in [0.5, 0.6) is 0 Å². The summed E-state index contributed by atoms with van der Waals surface area (Å²) in [6, 6.07) is 6.33. The summed E-state index contributed by atoms with van der Waals surface area (Å²) in [6.07, 6.45) is -3.67. The molecule has 0 aromatic heterocycles. The summed E-state index contributed by atoms with van der Waals surface area (Å²) in [5.41, 5.74) is 0.624. The van der Waals surface area contributed by atoms with Crippen LogP contribution in [0.15, 0.2) is 36.4 Å². The van der Waals surface area contributed by atoms with Gasteiger partial charge in [-0.25, -0.2) is 8.42 Å². The fourth-order valence-electron chi connectivity index (χ4n) is 2.92. The summed E-state index contributed by atoms with van der Waals surface area (Å²) < 4.78 is 64.5. The minimum absolute atomic E-state index is 0.101. The Hall–Kier alpha value is -2.26. The van der Waals surface area contributed by atoms with Crippen molar-refractivity contribution in [2.75, 3.05) is 15.9 Å². The van der Waals surface area contributed by atoms with Crippen LogP contribution in [0, 0.1) is 13.8 Å². The van der Waals surface area contributed by atoms with Gasteiger partial charge < -0.3 is 5.32 Å². The lowest BCUT2D eigenvalue weighted by Crippen LogP contribution is -2.45. The largest absolute Gasteiger partial charge is 0.416 e. The molecule has 0 radical (unpaired) electrons. The number of alkyl halides is 3. The van der Waals surface area contributed by atoms with E-state index in [0.29, 0.717) is 6.07 Å². The van der Waals surface area contributed by atoms with Crippen LogP contribution in [-0.2, 0) is 21.0 Å². The molecule has 0 unspecified atom stereocenters. The molecule has 158 valence electrons. The second-order valence-corrected chi connectivity index (χ2v) is 9.03. The molecule has 0 spiro atoms. The average Bonchev–Trinajstić information content (AvgIpc) is 2.53. The number of halogens is 4. The quantitative estimate of drug-likeness (QED) is 0.716. The molecule has 0 aliphatic carbocycles. The highest BCUT2D eigenvalue weighted by Crippen LogP contribution is 2.34. The van der Waals surface area contributed by atoms with Gasteiger partial charge >= 0.3 is 6.18 Å². The summed E-state index contributed by atoms with van der Waals surface area (Å²) in [7, 11) is -3.87. The van der Waals surface area contributed by atoms with Crippen molar-refractivity contribution in [2.24, 2.45) is 0 Å². The molecule has 2 aromatic rings. The molecular weight excluding hydrogens is 429 g/mol. The zero-order valence-electron chi connectivity index (χ0n) is 16.1. The summed E-state index contributed by atoms with van der Waals surface area (Å²) in [5.74, 6) is -0.823. The number of nitrogens with zero attached hydrogens (tertiary/aromatic N) is 1. The Morgan fingerprint density at radius 2 is 1.66 bits per heavy atom. The zero-order valence-corrected chi connectivity index (χ0v) is 17.7. The Balaban J connectivity index is 2.40. The Bertz CT molecular complexity index is 1020. The lowest BCUT2D eigenvalue weighted by atomic mass is 10.1. The fourth-order valence-corrected chi connectivity index (χ4v) is 4.24. The van der Waals surface area contributed by atoms with Crippen molar-refractivity contribution in [3.05, 3.63) is 58.1 Å². The van der Waals surface area contributed by atoms with Crippen molar-refractivity contribution in [3.8, 4) is 0 Å². The van der Waals surface area contributed by atoms with Gasteiger partial charge in [0.25, 0.3) is 0 Å². The number of nitrogens with one attached hydrogen (secondary N) is 1. The van der Waals surface area contributed by atoms with Gasteiger partial charge in [0.15, 0.2) is 0 Å². The summed E-state index contributed by atoms with van der Waals surface area (Å²) in [6.45, 7) is 4.91. The molecule has 2 rings (SSSR count). The minimum atomic E-state index is -4.62. The molecule has 0 aliphatic heterocycles. The van der Waals surface area contributed by atoms with Crippen LogP contribution in [0.25, 0.3) is 0 Å². The first kappa shape index (κ1) is 23.0. The number of aryl methyl sites for hydroxylation is 2. The van der Waals surface area contributed by atoms with Crippen LogP contribution in [0.2, 0.25) is 5.02 Å². The van der Waals surface area contributed by atoms with Crippen LogP contribution in [-0.4, -0.2) is 26.6 Å². The number of benzene rings is 2. The van der Waals surface area contributed by atoms with Crippen molar-refractivity contribution in [2.45, 2.75) is 33.0 Å². The maximum Gasteiger partial charge on any atom is 0.416 e. The van der Waals surface area contributed by atoms with E-state index >= 15 is 0 Å². The van der Waals surface area contributed by atoms with Crippen molar-refractivity contribution < 1.29 is 26.4 Å². The second-order valence-electron chi connectivity index (χ2n) is 6.76. The number of rotatable bonds is 5. The molecule has 0 heterocycles. The minimum Gasteiger partial charge on any atom is -0.323 e. The van der Waals surface area contributed by atoms with Gasteiger partial charge in [-0.1, -0.05) is 17.7 Å². The zero-order chi connectivity index (χ0) is 22.1. The molecule has 1 atom stereocenters. The molecule has 0 bridgehead atoms. The molecule has 10 heteroatoms. The number of carbonyl (C=O) groups is 1. The molecule has 1 N–H and O–H groups in total. The topological polar surface area (TPSA) is 66.5 Å². The maximum absolute atomic E-state index is 12.9. The Morgan fingerprint density at radius 3 is 2.14 bits per heavy atom. The van der Waals surface area contributed by atoms with E-state index in [0.717, 1.165) is 33.8 Å². The molecular formula is C19H20ClF3N2O3S. The highest BCUT2D eigenvalue weighted by atomic mass is 35.5. The van der Waals surface area contributed by atoms with Crippen LogP contribution in [0.3, 0.4) is 0 Å². The van der Waals surface area contributed by atoms with Gasteiger partial charge in [-0.05, 0) is 62.2 Å². The third-order valence-corrected chi connectivity index (χ3v) is 5.67. The van der Waals surface area contributed by atoms with Gasteiger partial charge in [0.05, 0.1) is 28.2 Å². The van der Waals surface area contributed by atoms with Crippen molar-refractivity contribution in [3.63, 3.8) is 0 Å². The first-order valence-electron chi connectivity index (χ1n) is 8.45. The molecule has 0 saturated carbocycles. The maximum atomic E-state index is 12.9. The lowest BCUT2D eigenvalue weighted by Gasteiger charge is -2.29. The molecule has 29 heavy (non-hydrogen) atoms. The van der Waals surface area contributed by atoms with E-state index in [1.807, 2.05) is 6.07 Å². The average molecular weight is 449 g/mol. The van der Waals surface area contributed by atoms with Crippen molar-refractivity contribution in [1.29, 1.82) is 0 Å². The number of sulfonamides is 1. The van der Waals surface area contributed by atoms with Gasteiger partial charge in [-0.3, -0.25) is 9.10 Å². The lowest BCUT2D eigenvalue weighted by molar-refractivity contribution is -0.137. The van der Waals surface area contributed by atoms with Crippen LogP contribution in [0.1, 0.15) is 23.6 Å².